The van der Waals surface area contributed by atoms with E-state index in [0.717, 1.165) is 38.7 Å². The molecule has 0 aromatic rings. The molecule has 1 aliphatic rings. The van der Waals surface area contributed by atoms with Gasteiger partial charge in [0, 0.05) is 26.9 Å². The van der Waals surface area contributed by atoms with Crippen LogP contribution in [0, 0.1) is 5.92 Å². The predicted octanol–water partition coefficient (Wildman–Crippen LogP) is 2.23. The highest BCUT2D eigenvalue weighted by Crippen LogP contribution is 2.22. The molecular weight excluding hydrogens is 242 g/mol. The third-order valence-electron chi connectivity index (χ3n) is 3.59. The SMILES string of the molecule is COCCOCCCOCCNCC1CCCCC1. The fraction of sp³-hybridized carbons (Fsp3) is 1.00. The average Bonchev–Trinajstić information content (AvgIpc) is 2.46. The lowest BCUT2D eigenvalue weighted by molar-refractivity contribution is 0.0517. The van der Waals surface area contributed by atoms with Crippen LogP contribution in [0.25, 0.3) is 0 Å². The molecule has 0 unspecified atom stereocenters. The minimum Gasteiger partial charge on any atom is -0.382 e. The van der Waals surface area contributed by atoms with E-state index >= 15 is 0 Å². The standard InChI is InChI=1S/C15H31NO3/c1-17-12-13-19-10-5-9-18-11-8-16-14-15-6-3-2-4-7-15/h15-16H,2-14H2,1H3. The zero-order valence-electron chi connectivity index (χ0n) is 12.5. The van der Waals surface area contributed by atoms with Crippen molar-refractivity contribution >= 4 is 0 Å². The van der Waals surface area contributed by atoms with Gasteiger partial charge in [0.2, 0.25) is 0 Å². The van der Waals surface area contributed by atoms with Crippen molar-refractivity contribution < 1.29 is 14.2 Å². The molecule has 1 rings (SSSR count). The fourth-order valence-corrected chi connectivity index (χ4v) is 2.45. The van der Waals surface area contributed by atoms with E-state index in [2.05, 4.69) is 5.32 Å². The molecule has 1 aliphatic carbocycles. The summed E-state index contributed by atoms with van der Waals surface area (Å²) in [6, 6.07) is 0. The summed E-state index contributed by atoms with van der Waals surface area (Å²) in [6.45, 7) is 5.86. The van der Waals surface area contributed by atoms with E-state index in [1.54, 1.807) is 7.11 Å². The minimum atomic E-state index is 0.673. The quantitative estimate of drug-likeness (QED) is 0.554. The summed E-state index contributed by atoms with van der Waals surface area (Å²) in [6.07, 6.45) is 8.07. The Hall–Kier alpha value is -0.160. The van der Waals surface area contributed by atoms with Gasteiger partial charge in [-0.1, -0.05) is 19.3 Å². The maximum Gasteiger partial charge on any atom is 0.0700 e. The molecule has 1 N–H and O–H groups in total. The summed E-state index contributed by atoms with van der Waals surface area (Å²) in [7, 11) is 1.69. The first-order chi connectivity index (χ1) is 9.43. The van der Waals surface area contributed by atoms with Crippen molar-refractivity contribution in [1.82, 2.24) is 5.32 Å². The molecule has 0 aromatic heterocycles. The Morgan fingerprint density at radius 2 is 1.63 bits per heavy atom. The van der Waals surface area contributed by atoms with Crippen LogP contribution in [0.3, 0.4) is 0 Å². The van der Waals surface area contributed by atoms with Crippen LogP contribution in [-0.2, 0) is 14.2 Å². The first kappa shape index (κ1) is 16.9. The van der Waals surface area contributed by atoms with E-state index < -0.39 is 0 Å². The van der Waals surface area contributed by atoms with Crippen LogP contribution in [0.1, 0.15) is 38.5 Å². The van der Waals surface area contributed by atoms with E-state index in [1.165, 1.54) is 38.6 Å². The molecule has 1 saturated carbocycles. The lowest BCUT2D eigenvalue weighted by Gasteiger charge is -2.21. The second-order valence-electron chi connectivity index (χ2n) is 5.28. The Bertz CT molecular complexity index is 184. The van der Waals surface area contributed by atoms with E-state index in [0.29, 0.717) is 13.2 Å². The monoisotopic (exact) mass is 273 g/mol. The lowest BCUT2D eigenvalue weighted by atomic mass is 9.89. The molecule has 1 fully saturated rings. The van der Waals surface area contributed by atoms with Crippen LogP contribution in [0.5, 0.6) is 0 Å². The highest BCUT2D eigenvalue weighted by molar-refractivity contribution is 4.67. The Morgan fingerprint density at radius 1 is 0.895 bits per heavy atom. The Labute approximate surface area is 118 Å². The maximum atomic E-state index is 5.56. The van der Waals surface area contributed by atoms with Crippen molar-refractivity contribution in [2.45, 2.75) is 38.5 Å². The minimum absolute atomic E-state index is 0.673. The average molecular weight is 273 g/mol. The summed E-state index contributed by atoms with van der Waals surface area (Å²) in [5.74, 6) is 0.905. The first-order valence-electron chi connectivity index (χ1n) is 7.78. The molecule has 0 heterocycles. The van der Waals surface area contributed by atoms with E-state index in [9.17, 15) is 0 Å². The van der Waals surface area contributed by atoms with Gasteiger partial charge in [-0.25, -0.2) is 0 Å². The van der Waals surface area contributed by atoms with Gasteiger partial charge in [0.25, 0.3) is 0 Å². The van der Waals surface area contributed by atoms with Gasteiger partial charge in [0.05, 0.1) is 19.8 Å². The molecule has 0 radical (unpaired) electrons. The van der Waals surface area contributed by atoms with Crippen molar-refractivity contribution in [3.05, 3.63) is 0 Å². The van der Waals surface area contributed by atoms with Gasteiger partial charge in [-0.05, 0) is 31.7 Å². The first-order valence-corrected chi connectivity index (χ1v) is 7.78. The molecule has 0 bridgehead atoms. The number of nitrogens with one attached hydrogen (secondary N) is 1. The molecule has 4 nitrogen and oxygen atoms in total. The van der Waals surface area contributed by atoms with Gasteiger partial charge in [-0.2, -0.15) is 0 Å². The van der Waals surface area contributed by atoms with Crippen molar-refractivity contribution in [3.63, 3.8) is 0 Å². The zero-order valence-corrected chi connectivity index (χ0v) is 12.5. The summed E-state index contributed by atoms with van der Waals surface area (Å²) in [5, 5.41) is 3.50. The summed E-state index contributed by atoms with van der Waals surface area (Å²) in [5.41, 5.74) is 0. The number of rotatable bonds is 12. The smallest absolute Gasteiger partial charge is 0.0700 e. The largest absolute Gasteiger partial charge is 0.382 e. The highest BCUT2D eigenvalue weighted by Gasteiger charge is 2.12. The lowest BCUT2D eigenvalue weighted by Crippen LogP contribution is -2.27. The van der Waals surface area contributed by atoms with Gasteiger partial charge in [-0.15, -0.1) is 0 Å². The Morgan fingerprint density at radius 3 is 2.37 bits per heavy atom. The molecule has 19 heavy (non-hydrogen) atoms. The third-order valence-corrected chi connectivity index (χ3v) is 3.59. The van der Waals surface area contributed by atoms with Crippen LogP contribution in [0.15, 0.2) is 0 Å². The molecule has 0 atom stereocenters. The molecule has 114 valence electrons. The van der Waals surface area contributed by atoms with E-state index in [-0.39, 0.29) is 0 Å². The molecule has 0 spiro atoms. The summed E-state index contributed by atoms with van der Waals surface area (Å²) >= 11 is 0. The van der Waals surface area contributed by atoms with Crippen molar-refractivity contribution in [2.24, 2.45) is 5.92 Å². The highest BCUT2D eigenvalue weighted by atomic mass is 16.5. The van der Waals surface area contributed by atoms with Gasteiger partial charge in [-0.3, -0.25) is 0 Å². The topological polar surface area (TPSA) is 39.7 Å². The summed E-state index contributed by atoms with van der Waals surface area (Å²) in [4.78, 5) is 0. The predicted molar refractivity (Wildman–Crippen MR) is 77.6 cm³/mol. The van der Waals surface area contributed by atoms with E-state index in [1.807, 2.05) is 0 Å². The van der Waals surface area contributed by atoms with Gasteiger partial charge in [0.1, 0.15) is 0 Å². The number of hydrogen-bond acceptors (Lipinski definition) is 4. The fourth-order valence-electron chi connectivity index (χ4n) is 2.45. The number of ether oxygens (including phenoxy) is 3. The van der Waals surface area contributed by atoms with Crippen LogP contribution in [-0.4, -0.2) is 53.2 Å². The van der Waals surface area contributed by atoms with Gasteiger partial charge < -0.3 is 19.5 Å². The zero-order chi connectivity index (χ0) is 13.6. The molecule has 0 amide bonds. The van der Waals surface area contributed by atoms with Gasteiger partial charge in [0.15, 0.2) is 0 Å². The number of methoxy groups -OCH3 is 1. The van der Waals surface area contributed by atoms with Crippen LogP contribution in [0.2, 0.25) is 0 Å². The van der Waals surface area contributed by atoms with E-state index in [4.69, 9.17) is 14.2 Å². The molecule has 0 saturated heterocycles. The second kappa shape index (κ2) is 12.9. The van der Waals surface area contributed by atoms with Gasteiger partial charge >= 0.3 is 0 Å². The maximum absolute atomic E-state index is 5.56. The molecule has 0 aliphatic heterocycles. The van der Waals surface area contributed by atoms with Crippen LogP contribution < -0.4 is 5.32 Å². The van der Waals surface area contributed by atoms with Crippen LogP contribution >= 0.6 is 0 Å². The third kappa shape index (κ3) is 10.3. The van der Waals surface area contributed by atoms with Crippen LogP contribution in [0.4, 0.5) is 0 Å². The summed E-state index contributed by atoms with van der Waals surface area (Å²) < 4.78 is 15.8. The Balaban J connectivity index is 1.71. The molecular formula is C15H31NO3. The number of hydrogen-bond donors (Lipinski definition) is 1. The van der Waals surface area contributed by atoms with Crippen molar-refractivity contribution in [1.29, 1.82) is 0 Å². The molecule has 4 heteroatoms. The Kier molecular flexibility index (Phi) is 11.4. The normalized spacial score (nSPS) is 16.9. The van der Waals surface area contributed by atoms with Crippen molar-refractivity contribution in [2.75, 3.05) is 53.2 Å². The van der Waals surface area contributed by atoms with Crippen molar-refractivity contribution in [3.8, 4) is 0 Å². The molecule has 0 aromatic carbocycles. The second-order valence-corrected chi connectivity index (χ2v) is 5.28.